The highest BCUT2D eigenvalue weighted by molar-refractivity contribution is 5.89. The van der Waals surface area contributed by atoms with Crippen LogP contribution in [0.5, 0.6) is 0 Å². The van der Waals surface area contributed by atoms with E-state index in [9.17, 15) is 4.79 Å². The van der Waals surface area contributed by atoms with Gasteiger partial charge in [0.15, 0.2) is 0 Å². The molecule has 1 aromatic rings. The number of amides is 1. The molecule has 0 aliphatic rings. The zero-order chi connectivity index (χ0) is 14.1. The lowest BCUT2D eigenvalue weighted by molar-refractivity contribution is -0.116. The molecule has 0 radical (unpaired) electrons. The highest BCUT2D eigenvalue weighted by Gasteiger charge is 2.07. The molecule has 0 fully saturated rings. The van der Waals surface area contributed by atoms with Crippen LogP contribution in [-0.2, 0) is 4.79 Å². The molecular weight excluding hydrogens is 248 g/mol. The number of aliphatic hydroxyl groups excluding tert-OH is 2. The molecule has 0 bridgehead atoms. The van der Waals surface area contributed by atoms with Crippen molar-refractivity contribution in [1.29, 1.82) is 0 Å². The number of nitrogens with one attached hydrogen (secondary N) is 1. The van der Waals surface area contributed by atoms with Crippen LogP contribution in [0.2, 0.25) is 0 Å². The first kappa shape index (κ1) is 15.4. The Hall–Kier alpha value is -1.70. The fourth-order valence-corrected chi connectivity index (χ4v) is 1.59. The van der Waals surface area contributed by atoms with Gasteiger partial charge in [-0.3, -0.25) is 4.79 Å². The maximum Gasteiger partial charge on any atom is 0.226 e. The molecule has 19 heavy (non-hydrogen) atoms. The number of anilines is 2. The normalized spacial score (nSPS) is 10.3. The van der Waals surface area contributed by atoms with E-state index in [1.165, 1.54) is 0 Å². The molecule has 5 N–H and O–H groups in total. The van der Waals surface area contributed by atoms with Gasteiger partial charge in [-0.2, -0.15) is 0 Å². The van der Waals surface area contributed by atoms with Gasteiger partial charge in [-0.1, -0.05) is 0 Å². The van der Waals surface area contributed by atoms with Gasteiger partial charge in [-0.15, -0.1) is 0 Å². The molecule has 0 spiro atoms. The Balaban J connectivity index is 2.65. The number of nitrogens with zero attached hydrogens (tertiary/aromatic N) is 2. The first-order valence-electron chi connectivity index (χ1n) is 6.14. The highest BCUT2D eigenvalue weighted by Crippen LogP contribution is 2.14. The van der Waals surface area contributed by atoms with Crippen LogP contribution in [0.4, 0.5) is 11.5 Å². The van der Waals surface area contributed by atoms with E-state index in [-0.39, 0.29) is 25.5 Å². The summed E-state index contributed by atoms with van der Waals surface area (Å²) in [6.45, 7) is 1.12. The Morgan fingerprint density at radius 3 is 2.47 bits per heavy atom. The predicted molar refractivity (Wildman–Crippen MR) is 72.9 cm³/mol. The Bertz CT molecular complexity index is 377. The van der Waals surface area contributed by atoms with E-state index < -0.39 is 0 Å². The number of pyridine rings is 1. The van der Waals surface area contributed by atoms with Crippen LogP contribution in [0.15, 0.2) is 18.3 Å². The second-order valence-corrected chi connectivity index (χ2v) is 3.92. The summed E-state index contributed by atoms with van der Waals surface area (Å²) in [6, 6.07) is 3.45. The van der Waals surface area contributed by atoms with Gasteiger partial charge in [0.05, 0.1) is 25.1 Å². The largest absolute Gasteiger partial charge is 0.395 e. The predicted octanol–water partition coefficient (Wildman–Crippen LogP) is -0.840. The molecule has 0 unspecified atom stereocenters. The molecule has 0 saturated heterocycles. The Morgan fingerprint density at radius 1 is 1.32 bits per heavy atom. The van der Waals surface area contributed by atoms with Crippen molar-refractivity contribution in [3.63, 3.8) is 0 Å². The topological polar surface area (TPSA) is 112 Å². The summed E-state index contributed by atoms with van der Waals surface area (Å²) in [5, 5.41) is 20.5. The Morgan fingerprint density at radius 2 is 2.00 bits per heavy atom. The SMILES string of the molecule is NCCC(=O)Nc1ccc(N(CCO)CCO)cn1. The minimum Gasteiger partial charge on any atom is -0.395 e. The maximum absolute atomic E-state index is 11.3. The second-order valence-electron chi connectivity index (χ2n) is 3.92. The summed E-state index contributed by atoms with van der Waals surface area (Å²) < 4.78 is 0. The van der Waals surface area contributed by atoms with Gasteiger partial charge in [0.1, 0.15) is 5.82 Å². The van der Waals surface area contributed by atoms with Crippen LogP contribution in [-0.4, -0.2) is 54.0 Å². The zero-order valence-electron chi connectivity index (χ0n) is 10.7. The lowest BCUT2D eigenvalue weighted by Crippen LogP contribution is -2.29. The van der Waals surface area contributed by atoms with Gasteiger partial charge in [-0.05, 0) is 12.1 Å². The van der Waals surface area contributed by atoms with Crippen molar-refractivity contribution in [2.75, 3.05) is 43.1 Å². The number of aliphatic hydroxyl groups is 2. The van der Waals surface area contributed by atoms with E-state index in [1.54, 1.807) is 23.2 Å². The fraction of sp³-hybridized carbons (Fsp3) is 0.500. The zero-order valence-corrected chi connectivity index (χ0v) is 10.7. The average Bonchev–Trinajstić information content (AvgIpc) is 2.40. The molecule has 0 atom stereocenters. The van der Waals surface area contributed by atoms with E-state index >= 15 is 0 Å². The van der Waals surface area contributed by atoms with Crippen LogP contribution < -0.4 is 16.0 Å². The minimum atomic E-state index is -0.176. The summed E-state index contributed by atoms with van der Waals surface area (Å²) in [5.74, 6) is 0.278. The lowest BCUT2D eigenvalue weighted by Gasteiger charge is -2.22. The van der Waals surface area contributed by atoms with Gasteiger partial charge in [0.25, 0.3) is 0 Å². The average molecular weight is 268 g/mol. The van der Waals surface area contributed by atoms with Crippen LogP contribution >= 0.6 is 0 Å². The monoisotopic (exact) mass is 268 g/mol. The fourth-order valence-electron chi connectivity index (χ4n) is 1.59. The first-order valence-corrected chi connectivity index (χ1v) is 6.14. The number of carbonyl (C=O) groups is 1. The number of nitrogens with two attached hydrogens (primary N) is 1. The smallest absolute Gasteiger partial charge is 0.226 e. The number of hydrogen-bond donors (Lipinski definition) is 4. The van der Waals surface area contributed by atoms with E-state index in [2.05, 4.69) is 10.3 Å². The third-order valence-electron chi connectivity index (χ3n) is 2.49. The summed E-state index contributed by atoms with van der Waals surface area (Å²) in [5.41, 5.74) is 6.06. The van der Waals surface area contributed by atoms with E-state index in [0.29, 0.717) is 25.5 Å². The van der Waals surface area contributed by atoms with Crippen molar-refractivity contribution < 1.29 is 15.0 Å². The number of aromatic nitrogens is 1. The summed E-state index contributed by atoms with van der Waals surface area (Å²) in [7, 11) is 0. The second kappa shape index (κ2) is 8.41. The van der Waals surface area contributed by atoms with Gasteiger partial charge < -0.3 is 26.2 Å². The van der Waals surface area contributed by atoms with Crippen molar-refractivity contribution in [3.8, 4) is 0 Å². The molecule has 1 aromatic heterocycles. The third-order valence-corrected chi connectivity index (χ3v) is 2.49. The maximum atomic E-state index is 11.3. The number of carbonyl (C=O) groups excluding carboxylic acids is 1. The molecule has 0 aliphatic carbocycles. The van der Waals surface area contributed by atoms with Gasteiger partial charge in [0, 0.05) is 26.1 Å². The lowest BCUT2D eigenvalue weighted by atomic mass is 10.3. The highest BCUT2D eigenvalue weighted by atomic mass is 16.3. The number of rotatable bonds is 8. The van der Waals surface area contributed by atoms with Crippen molar-refractivity contribution in [3.05, 3.63) is 18.3 Å². The molecule has 7 heteroatoms. The van der Waals surface area contributed by atoms with Gasteiger partial charge >= 0.3 is 0 Å². The Labute approximate surface area is 112 Å². The molecule has 1 amide bonds. The molecule has 1 rings (SSSR count). The standard InChI is InChI=1S/C12H20N4O3/c13-4-3-12(19)15-11-2-1-10(9-14-11)16(5-7-17)6-8-18/h1-2,9,17-18H,3-8,13H2,(H,14,15,19). The minimum absolute atomic E-state index is 0.00497. The van der Waals surface area contributed by atoms with Gasteiger partial charge in [0.2, 0.25) is 5.91 Å². The quantitative estimate of drug-likeness (QED) is 0.489. The van der Waals surface area contributed by atoms with Crippen molar-refractivity contribution in [2.24, 2.45) is 5.73 Å². The Kier molecular flexibility index (Phi) is 6.80. The molecule has 0 aromatic carbocycles. The van der Waals surface area contributed by atoms with Crippen LogP contribution in [0, 0.1) is 0 Å². The molecule has 0 aliphatic heterocycles. The van der Waals surface area contributed by atoms with Crippen molar-refractivity contribution in [2.45, 2.75) is 6.42 Å². The molecule has 0 saturated carbocycles. The van der Waals surface area contributed by atoms with Crippen molar-refractivity contribution >= 4 is 17.4 Å². The van der Waals surface area contributed by atoms with E-state index in [1.807, 2.05) is 0 Å². The van der Waals surface area contributed by atoms with E-state index in [0.717, 1.165) is 5.69 Å². The molecule has 1 heterocycles. The molecule has 7 nitrogen and oxygen atoms in total. The summed E-state index contributed by atoms with van der Waals surface area (Å²) in [6.07, 6.45) is 1.84. The van der Waals surface area contributed by atoms with Crippen LogP contribution in [0.25, 0.3) is 0 Å². The van der Waals surface area contributed by atoms with Crippen molar-refractivity contribution in [1.82, 2.24) is 4.98 Å². The summed E-state index contributed by atoms with van der Waals surface area (Å²) >= 11 is 0. The van der Waals surface area contributed by atoms with Gasteiger partial charge in [-0.25, -0.2) is 4.98 Å². The molecular formula is C12H20N4O3. The van der Waals surface area contributed by atoms with Crippen LogP contribution in [0.1, 0.15) is 6.42 Å². The van der Waals surface area contributed by atoms with Crippen LogP contribution in [0.3, 0.4) is 0 Å². The third kappa shape index (κ3) is 5.21. The summed E-state index contributed by atoms with van der Waals surface area (Å²) in [4.78, 5) is 17.2. The first-order chi connectivity index (χ1) is 9.21. The molecule has 106 valence electrons. The number of hydrogen-bond acceptors (Lipinski definition) is 6. The van der Waals surface area contributed by atoms with E-state index in [4.69, 9.17) is 15.9 Å².